The molecule has 0 aliphatic carbocycles. The molecule has 1 nitrogen and oxygen atoms in total. The van der Waals surface area contributed by atoms with Gasteiger partial charge in [0, 0.05) is 12.5 Å². The van der Waals surface area contributed by atoms with E-state index in [4.69, 9.17) is 5.73 Å². The Morgan fingerprint density at radius 1 is 1.57 bits per heavy atom. The molecule has 0 aromatic heterocycles. The molecule has 0 heterocycles. The van der Waals surface area contributed by atoms with Gasteiger partial charge in [0.25, 0.3) is 0 Å². The summed E-state index contributed by atoms with van der Waals surface area (Å²) < 4.78 is 0. The van der Waals surface area contributed by atoms with Crippen molar-refractivity contribution >= 4 is 12.6 Å². The zero-order valence-corrected chi connectivity index (χ0v) is 5.94. The van der Waals surface area contributed by atoms with Crippen LogP contribution in [-0.4, -0.2) is 11.8 Å². The van der Waals surface area contributed by atoms with E-state index in [0.717, 1.165) is 6.54 Å². The van der Waals surface area contributed by atoms with Gasteiger partial charge in [-0.05, 0) is 12.6 Å². The van der Waals surface area contributed by atoms with Gasteiger partial charge in [-0.3, -0.25) is 0 Å². The molecule has 1 atom stereocenters. The van der Waals surface area contributed by atoms with Gasteiger partial charge in [-0.2, -0.15) is 0 Å². The average molecular weight is 120 g/mol. The highest BCUT2D eigenvalue weighted by atomic mass is 32.1. The predicted octanol–water partition coefficient (Wildman–Crippen LogP) is -0.0188. The minimum atomic E-state index is 0.486. The maximum Gasteiger partial charge on any atom is 0.128 e. The molecule has 0 fully saturated rings. The van der Waals surface area contributed by atoms with E-state index in [1.807, 2.05) is 0 Å². The Bertz CT molecular complexity index is 45.3. The van der Waals surface area contributed by atoms with Gasteiger partial charge in [0.2, 0.25) is 0 Å². The molecule has 0 saturated carbocycles. The summed E-state index contributed by atoms with van der Waals surface area (Å²) in [7, 11) is 0. The van der Waals surface area contributed by atoms with Crippen LogP contribution in [0.5, 0.6) is 0 Å². The van der Waals surface area contributed by atoms with Gasteiger partial charge >= 0.3 is 0 Å². The Labute approximate surface area is 50.7 Å². The van der Waals surface area contributed by atoms with Crippen molar-refractivity contribution in [3.05, 3.63) is 0 Å². The Balaban J connectivity index is 3.14. The van der Waals surface area contributed by atoms with Gasteiger partial charge in [0.05, 0.1) is 0 Å². The van der Waals surface area contributed by atoms with Crippen LogP contribution in [0.2, 0.25) is 0 Å². The third-order valence-electron chi connectivity index (χ3n) is 1.06. The fraction of sp³-hybridized carbons (Fsp3) is 1.00. The first-order valence-corrected chi connectivity index (χ1v) is 3.17. The van der Waals surface area contributed by atoms with E-state index in [0.29, 0.717) is 11.2 Å². The molecular formula is C5H14NS+. The molecule has 2 heteroatoms. The Morgan fingerprint density at radius 2 is 2.00 bits per heavy atom. The Morgan fingerprint density at radius 3 is 2.00 bits per heavy atom. The van der Waals surface area contributed by atoms with Crippen LogP contribution >= 0.6 is 0 Å². The third kappa shape index (κ3) is 2.94. The summed E-state index contributed by atoms with van der Waals surface area (Å²) in [4.78, 5) is 0. The van der Waals surface area contributed by atoms with Crippen LogP contribution in [0.15, 0.2) is 0 Å². The van der Waals surface area contributed by atoms with Gasteiger partial charge in [0.1, 0.15) is 5.25 Å². The fourth-order valence-corrected chi connectivity index (χ4v) is 0.272. The summed E-state index contributed by atoms with van der Waals surface area (Å²) in [6.07, 6.45) is 0. The third-order valence-corrected chi connectivity index (χ3v) is 1.96. The minimum absolute atomic E-state index is 0.486. The van der Waals surface area contributed by atoms with E-state index in [9.17, 15) is 0 Å². The standard InChI is InChI=1S/C5H13NS/c1-4(2)5(7)3-6/h4-5,7H,3,6H2,1-2H3/p+1. The lowest BCUT2D eigenvalue weighted by atomic mass is 10.1. The molecule has 0 amide bonds. The van der Waals surface area contributed by atoms with E-state index in [2.05, 4.69) is 26.5 Å². The van der Waals surface area contributed by atoms with Crippen LogP contribution in [0, 0.1) is 5.92 Å². The largest absolute Gasteiger partial charge is 0.326 e. The second-order valence-electron chi connectivity index (χ2n) is 2.09. The molecule has 0 aliphatic heterocycles. The van der Waals surface area contributed by atoms with Crippen LogP contribution in [-0.2, 0) is 12.6 Å². The van der Waals surface area contributed by atoms with Gasteiger partial charge in [-0.25, -0.2) is 0 Å². The lowest BCUT2D eigenvalue weighted by molar-refractivity contribution is 0.615. The molecular weight excluding hydrogens is 106 g/mol. The number of rotatable bonds is 2. The number of hydrogen-bond donors (Lipinski definition) is 1. The van der Waals surface area contributed by atoms with Crippen LogP contribution in [0.3, 0.4) is 0 Å². The van der Waals surface area contributed by atoms with E-state index in [1.54, 1.807) is 0 Å². The Hall–Kier alpha value is 0.310. The van der Waals surface area contributed by atoms with Crippen molar-refractivity contribution in [2.45, 2.75) is 19.1 Å². The summed E-state index contributed by atoms with van der Waals surface area (Å²) in [6, 6.07) is 0. The highest BCUT2D eigenvalue weighted by Crippen LogP contribution is 1.98. The number of hydrogen-bond acceptors (Lipinski definition) is 1. The SMILES string of the molecule is CC(C)C([SH2+])CN. The summed E-state index contributed by atoms with van der Waals surface area (Å²) in [5, 5.41) is 0.486. The van der Waals surface area contributed by atoms with Crippen molar-refractivity contribution < 1.29 is 0 Å². The first-order valence-electron chi connectivity index (χ1n) is 2.59. The second kappa shape index (κ2) is 3.33. The first kappa shape index (κ1) is 7.31. The number of nitrogens with two attached hydrogens (primary N) is 1. The van der Waals surface area contributed by atoms with Gasteiger partial charge < -0.3 is 5.73 Å². The van der Waals surface area contributed by atoms with Crippen LogP contribution in [0.1, 0.15) is 13.8 Å². The molecule has 0 spiro atoms. The van der Waals surface area contributed by atoms with Crippen molar-refractivity contribution in [1.29, 1.82) is 0 Å². The van der Waals surface area contributed by atoms with Gasteiger partial charge in [-0.1, -0.05) is 13.8 Å². The van der Waals surface area contributed by atoms with E-state index >= 15 is 0 Å². The smallest absolute Gasteiger partial charge is 0.128 e. The Kier molecular flexibility index (Phi) is 3.48. The van der Waals surface area contributed by atoms with E-state index in [1.165, 1.54) is 0 Å². The second-order valence-corrected chi connectivity index (χ2v) is 2.83. The summed E-state index contributed by atoms with van der Waals surface area (Å²) in [5.41, 5.74) is 5.32. The molecule has 2 N–H and O–H groups in total. The topological polar surface area (TPSA) is 26.0 Å². The zero-order valence-electron chi connectivity index (χ0n) is 4.94. The maximum atomic E-state index is 5.32. The molecule has 0 aromatic rings. The molecule has 0 saturated heterocycles. The van der Waals surface area contributed by atoms with Crippen molar-refractivity contribution in [2.24, 2.45) is 11.7 Å². The normalized spacial score (nSPS) is 15.0. The van der Waals surface area contributed by atoms with Crippen LogP contribution < -0.4 is 5.73 Å². The fourth-order valence-electron chi connectivity index (χ4n) is 0.272. The van der Waals surface area contributed by atoms with Crippen molar-refractivity contribution in [3.8, 4) is 0 Å². The first-order chi connectivity index (χ1) is 3.18. The highest BCUT2D eigenvalue weighted by molar-refractivity contribution is 7.59. The molecule has 0 bridgehead atoms. The summed E-state index contributed by atoms with van der Waals surface area (Å²) in [5.74, 6) is 0.654. The van der Waals surface area contributed by atoms with Gasteiger partial charge in [0.15, 0.2) is 0 Å². The van der Waals surface area contributed by atoms with Gasteiger partial charge in [-0.15, -0.1) is 0 Å². The molecule has 0 aromatic carbocycles. The molecule has 0 aliphatic rings. The molecule has 1 unspecified atom stereocenters. The average Bonchev–Trinajstić information content (AvgIpc) is 1.65. The van der Waals surface area contributed by atoms with Crippen molar-refractivity contribution in [3.63, 3.8) is 0 Å². The van der Waals surface area contributed by atoms with Crippen LogP contribution in [0.4, 0.5) is 0 Å². The van der Waals surface area contributed by atoms with E-state index < -0.39 is 0 Å². The zero-order chi connectivity index (χ0) is 5.86. The quantitative estimate of drug-likeness (QED) is 0.509. The minimum Gasteiger partial charge on any atom is -0.326 e. The highest BCUT2D eigenvalue weighted by Gasteiger charge is 2.09. The predicted molar refractivity (Wildman–Crippen MR) is 37.8 cm³/mol. The lowest BCUT2D eigenvalue weighted by Crippen LogP contribution is -2.22. The monoisotopic (exact) mass is 120 g/mol. The summed E-state index contributed by atoms with van der Waals surface area (Å²) >= 11 is 3.46. The maximum absolute atomic E-state index is 5.32. The molecule has 44 valence electrons. The van der Waals surface area contributed by atoms with Crippen molar-refractivity contribution in [2.75, 3.05) is 6.54 Å². The van der Waals surface area contributed by atoms with Crippen LogP contribution in [0.25, 0.3) is 0 Å². The molecule has 7 heavy (non-hydrogen) atoms. The lowest BCUT2D eigenvalue weighted by Gasteiger charge is -2.03. The van der Waals surface area contributed by atoms with E-state index in [-0.39, 0.29) is 0 Å². The molecule has 0 rings (SSSR count). The summed E-state index contributed by atoms with van der Waals surface area (Å²) in [6.45, 7) is 5.02. The van der Waals surface area contributed by atoms with Crippen molar-refractivity contribution in [1.82, 2.24) is 0 Å². The molecule has 0 radical (unpaired) electrons.